The number of esters is 1. The molecular formula is C18H20N2O2. The molecule has 2 heterocycles. The van der Waals surface area contributed by atoms with Crippen LogP contribution in [0.25, 0.3) is 21.8 Å². The van der Waals surface area contributed by atoms with Crippen LogP contribution in [-0.2, 0) is 18.2 Å². The number of rotatable bonds is 4. The summed E-state index contributed by atoms with van der Waals surface area (Å²) >= 11 is 0. The Labute approximate surface area is 129 Å². The van der Waals surface area contributed by atoms with Gasteiger partial charge in [-0.2, -0.15) is 0 Å². The average molecular weight is 296 g/mol. The number of aryl methyl sites for hydroxylation is 2. The zero-order chi connectivity index (χ0) is 15.7. The maximum absolute atomic E-state index is 11.9. The summed E-state index contributed by atoms with van der Waals surface area (Å²) in [7, 11) is 3.45. The normalized spacial score (nSPS) is 11.2. The molecule has 114 valence electrons. The SMILES string of the molecule is CCCCc1nc(C(=O)OC)cc2c3ccccc3n(C)c12. The first kappa shape index (κ1) is 14.6. The first-order chi connectivity index (χ1) is 10.7. The lowest BCUT2D eigenvalue weighted by molar-refractivity contribution is 0.0594. The van der Waals surface area contributed by atoms with Crippen molar-refractivity contribution >= 4 is 27.8 Å². The molecule has 0 radical (unpaired) electrons. The van der Waals surface area contributed by atoms with E-state index in [0.717, 1.165) is 46.8 Å². The van der Waals surface area contributed by atoms with Crippen LogP contribution < -0.4 is 0 Å². The molecule has 3 rings (SSSR count). The second-order valence-corrected chi connectivity index (χ2v) is 5.52. The lowest BCUT2D eigenvalue weighted by Crippen LogP contribution is -2.07. The number of pyridine rings is 1. The summed E-state index contributed by atoms with van der Waals surface area (Å²) in [5.74, 6) is -0.382. The van der Waals surface area contributed by atoms with Gasteiger partial charge in [-0.3, -0.25) is 0 Å². The van der Waals surface area contributed by atoms with Crippen LogP contribution in [0.2, 0.25) is 0 Å². The fraction of sp³-hybridized carbons (Fsp3) is 0.333. The van der Waals surface area contributed by atoms with E-state index in [2.05, 4.69) is 35.7 Å². The zero-order valence-corrected chi connectivity index (χ0v) is 13.2. The highest BCUT2D eigenvalue weighted by Crippen LogP contribution is 2.31. The van der Waals surface area contributed by atoms with Crippen LogP contribution in [0.1, 0.15) is 35.9 Å². The molecule has 22 heavy (non-hydrogen) atoms. The van der Waals surface area contributed by atoms with Gasteiger partial charge in [0.15, 0.2) is 0 Å². The summed E-state index contributed by atoms with van der Waals surface area (Å²) in [6.45, 7) is 2.16. The van der Waals surface area contributed by atoms with Crippen LogP contribution >= 0.6 is 0 Å². The summed E-state index contributed by atoms with van der Waals surface area (Å²) in [6, 6.07) is 10.1. The molecule has 0 atom stereocenters. The van der Waals surface area contributed by atoms with Gasteiger partial charge in [0.05, 0.1) is 18.3 Å². The van der Waals surface area contributed by atoms with Crippen LogP contribution in [0.4, 0.5) is 0 Å². The number of methoxy groups -OCH3 is 1. The van der Waals surface area contributed by atoms with Crippen molar-refractivity contribution in [3.63, 3.8) is 0 Å². The first-order valence-corrected chi connectivity index (χ1v) is 7.62. The van der Waals surface area contributed by atoms with Gasteiger partial charge in [-0.15, -0.1) is 0 Å². The highest BCUT2D eigenvalue weighted by Gasteiger charge is 2.17. The topological polar surface area (TPSA) is 44.1 Å². The van der Waals surface area contributed by atoms with Crippen LogP contribution in [0.15, 0.2) is 30.3 Å². The number of fused-ring (bicyclic) bond motifs is 3. The van der Waals surface area contributed by atoms with E-state index < -0.39 is 0 Å². The van der Waals surface area contributed by atoms with Crippen molar-refractivity contribution in [3.05, 3.63) is 41.7 Å². The minimum atomic E-state index is -0.382. The van der Waals surface area contributed by atoms with E-state index in [0.29, 0.717) is 5.69 Å². The molecule has 4 nitrogen and oxygen atoms in total. The molecular weight excluding hydrogens is 276 g/mol. The standard InChI is InChI=1S/C18H20N2O2/c1-4-5-9-14-17-13(11-15(19-14)18(21)22-3)12-8-6-7-10-16(12)20(17)2/h6-8,10-11H,4-5,9H2,1-3H3. The third kappa shape index (κ3) is 2.25. The highest BCUT2D eigenvalue weighted by atomic mass is 16.5. The lowest BCUT2D eigenvalue weighted by atomic mass is 10.1. The smallest absolute Gasteiger partial charge is 0.356 e. The number of hydrogen-bond donors (Lipinski definition) is 0. The van der Waals surface area contributed by atoms with Gasteiger partial charge in [-0.05, 0) is 25.0 Å². The molecule has 0 spiro atoms. The minimum absolute atomic E-state index is 0.382. The van der Waals surface area contributed by atoms with Crippen molar-refractivity contribution in [2.75, 3.05) is 7.11 Å². The number of nitrogens with zero attached hydrogens (tertiary/aromatic N) is 2. The summed E-state index contributed by atoms with van der Waals surface area (Å²) in [6.07, 6.45) is 3.01. The molecule has 0 aliphatic rings. The van der Waals surface area contributed by atoms with Crippen LogP contribution in [0, 0.1) is 0 Å². The van der Waals surface area contributed by atoms with Crippen LogP contribution in [0.5, 0.6) is 0 Å². The molecule has 0 amide bonds. The van der Waals surface area contributed by atoms with Gasteiger partial charge in [0.25, 0.3) is 0 Å². The Hall–Kier alpha value is -2.36. The first-order valence-electron chi connectivity index (χ1n) is 7.62. The van der Waals surface area contributed by atoms with E-state index in [1.807, 2.05) is 18.2 Å². The Bertz CT molecular complexity index is 849. The van der Waals surface area contributed by atoms with Gasteiger partial charge in [-0.1, -0.05) is 31.5 Å². The molecule has 0 aliphatic carbocycles. The molecule has 0 saturated heterocycles. The molecule has 0 N–H and O–H groups in total. The third-order valence-corrected chi connectivity index (χ3v) is 4.12. The molecule has 0 saturated carbocycles. The molecule has 0 fully saturated rings. The van der Waals surface area contributed by atoms with E-state index in [-0.39, 0.29) is 5.97 Å². The van der Waals surface area contributed by atoms with Crippen molar-refractivity contribution in [1.82, 2.24) is 9.55 Å². The summed E-state index contributed by atoms with van der Waals surface area (Å²) in [5.41, 5.74) is 3.62. The quantitative estimate of drug-likeness (QED) is 0.687. The Morgan fingerprint density at radius 3 is 2.77 bits per heavy atom. The molecule has 4 heteroatoms. The Balaban J connectivity index is 2.35. The maximum atomic E-state index is 11.9. The third-order valence-electron chi connectivity index (χ3n) is 4.12. The highest BCUT2D eigenvalue weighted by molar-refractivity contribution is 6.10. The van der Waals surface area contributed by atoms with Crippen molar-refractivity contribution < 1.29 is 9.53 Å². The largest absolute Gasteiger partial charge is 0.464 e. The van der Waals surface area contributed by atoms with E-state index in [4.69, 9.17) is 4.74 Å². The summed E-state index contributed by atoms with van der Waals surface area (Å²) in [4.78, 5) is 16.5. The number of carbonyl (C=O) groups excluding carboxylic acids is 1. The monoisotopic (exact) mass is 296 g/mol. The molecule has 0 aliphatic heterocycles. The lowest BCUT2D eigenvalue weighted by Gasteiger charge is -2.07. The average Bonchev–Trinajstić information content (AvgIpc) is 2.85. The fourth-order valence-corrected chi connectivity index (χ4v) is 3.01. The van der Waals surface area contributed by atoms with Crippen LogP contribution in [0.3, 0.4) is 0 Å². The van der Waals surface area contributed by atoms with E-state index in [9.17, 15) is 4.79 Å². The predicted octanol–water partition coefficient (Wildman–Crippen LogP) is 3.86. The Morgan fingerprint density at radius 1 is 1.27 bits per heavy atom. The van der Waals surface area contributed by atoms with Gasteiger partial charge in [0.1, 0.15) is 5.69 Å². The minimum Gasteiger partial charge on any atom is -0.464 e. The maximum Gasteiger partial charge on any atom is 0.356 e. The summed E-state index contributed by atoms with van der Waals surface area (Å²) in [5, 5.41) is 2.21. The molecule has 0 unspecified atom stereocenters. The number of ether oxygens (including phenoxy) is 1. The fourth-order valence-electron chi connectivity index (χ4n) is 3.01. The van der Waals surface area contributed by atoms with E-state index >= 15 is 0 Å². The molecule has 3 aromatic rings. The van der Waals surface area contributed by atoms with Gasteiger partial charge in [-0.25, -0.2) is 9.78 Å². The molecule has 1 aromatic carbocycles. The van der Waals surface area contributed by atoms with Gasteiger partial charge in [0.2, 0.25) is 0 Å². The molecule has 2 aromatic heterocycles. The second kappa shape index (κ2) is 5.79. The number of benzene rings is 1. The number of aromatic nitrogens is 2. The number of carbonyl (C=O) groups is 1. The van der Waals surface area contributed by atoms with E-state index in [1.165, 1.54) is 7.11 Å². The van der Waals surface area contributed by atoms with Gasteiger partial charge in [0, 0.05) is 23.3 Å². The van der Waals surface area contributed by atoms with Crippen molar-refractivity contribution in [3.8, 4) is 0 Å². The second-order valence-electron chi connectivity index (χ2n) is 5.52. The Morgan fingerprint density at radius 2 is 2.05 bits per heavy atom. The zero-order valence-electron chi connectivity index (χ0n) is 13.2. The number of hydrogen-bond acceptors (Lipinski definition) is 3. The molecule has 0 bridgehead atoms. The number of para-hydroxylation sites is 1. The summed E-state index contributed by atoms with van der Waals surface area (Å²) < 4.78 is 7.03. The van der Waals surface area contributed by atoms with Crippen molar-refractivity contribution in [2.45, 2.75) is 26.2 Å². The van der Waals surface area contributed by atoms with Gasteiger partial charge >= 0.3 is 5.97 Å². The van der Waals surface area contributed by atoms with Gasteiger partial charge < -0.3 is 9.30 Å². The predicted molar refractivity (Wildman–Crippen MR) is 88.2 cm³/mol. The van der Waals surface area contributed by atoms with E-state index in [1.54, 1.807) is 0 Å². The van der Waals surface area contributed by atoms with Crippen LogP contribution in [-0.4, -0.2) is 22.6 Å². The van der Waals surface area contributed by atoms with Crippen molar-refractivity contribution in [2.24, 2.45) is 7.05 Å². The Kier molecular flexibility index (Phi) is 3.84. The van der Waals surface area contributed by atoms with Crippen molar-refractivity contribution in [1.29, 1.82) is 0 Å². The number of unbranched alkanes of at least 4 members (excludes halogenated alkanes) is 1.